The van der Waals surface area contributed by atoms with Gasteiger partial charge in [0.1, 0.15) is 17.3 Å². The number of fused-ring (bicyclic) bond motifs is 1. The Labute approximate surface area is 169 Å². The molecular weight excluding hydrogens is 376 g/mol. The number of likely N-dealkylation sites (N-methyl/N-ethyl adjacent to an activating group) is 1. The largest absolute Gasteiger partial charge is 0.497 e. The minimum Gasteiger partial charge on any atom is -0.497 e. The molecule has 150 valence electrons. The Balaban J connectivity index is 1.67. The quantitative estimate of drug-likeness (QED) is 0.695. The third-order valence-electron chi connectivity index (χ3n) is 4.92. The minimum atomic E-state index is -0.369. The van der Waals surface area contributed by atoms with Crippen LogP contribution in [0, 0.1) is 0 Å². The van der Waals surface area contributed by atoms with Crippen molar-refractivity contribution in [1.29, 1.82) is 0 Å². The Bertz CT molecular complexity index is 862. The summed E-state index contributed by atoms with van der Waals surface area (Å²) < 4.78 is 10.2. The fraction of sp³-hybridized carbons (Fsp3) is 0.429. The number of methoxy groups -OCH3 is 2. The zero-order valence-electron chi connectivity index (χ0n) is 16.6. The van der Waals surface area contributed by atoms with Crippen molar-refractivity contribution in [2.75, 3.05) is 33.1 Å². The molecule has 1 aromatic heterocycles. The predicted molar refractivity (Wildman–Crippen MR) is 109 cm³/mol. The molecule has 6 nitrogen and oxygen atoms in total. The van der Waals surface area contributed by atoms with Gasteiger partial charge in [-0.3, -0.25) is 4.79 Å². The van der Waals surface area contributed by atoms with E-state index in [1.165, 1.54) is 23.3 Å². The van der Waals surface area contributed by atoms with Crippen LogP contribution in [0.3, 0.4) is 0 Å². The highest BCUT2D eigenvalue weighted by atomic mass is 32.1. The van der Waals surface area contributed by atoms with E-state index in [9.17, 15) is 9.59 Å². The Hall–Kier alpha value is -2.38. The fourth-order valence-electron chi connectivity index (χ4n) is 3.61. The molecule has 1 atom stereocenters. The van der Waals surface area contributed by atoms with E-state index in [2.05, 4.69) is 5.32 Å². The molecule has 0 radical (unpaired) electrons. The van der Waals surface area contributed by atoms with Gasteiger partial charge in [0.05, 0.1) is 26.8 Å². The van der Waals surface area contributed by atoms with Crippen LogP contribution >= 0.6 is 11.3 Å². The zero-order chi connectivity index (χ0) is 20.1. The average molecular weight is 404 g/mol. The maximum absolute atomic E-state index is 12.6. The molecule has 2 aromatic rings. The van der Waals surface area contributed by atoms with Gasteiger partial charge in [0.15, 0.2) is 6.54 Å². The number of hydrogen-bond donors (Lipinski definition) is 2. The highest BCUT2D eigenvalue weighted by Gasteiger charge is 2.27. The topological polar surface area (TPSA) is 69.1 Å². The van der Waals surface area contributed by atoms with Crippen LogP contribution in [-0.4, -0.2) is 39.7 Å². The lowest BCUT2D eigenvalue weighted by Crippen LogP contribution is -3.08. The minimum absolute atomic E-state index is 0.107. The number of aryl methyl sites for hydroxylation is 1. The molecule has 1 unspecified atom stereocenters. The van der Waals surface area contributed by atoms with Gasteiger partial charge < -0.3 is 19.7 Å². The van der Waals surface area contributed by atoms with E-state index >= 15 is 0 Å². The smallest absolute Gasteiger partial charge is 0.341 e. The van der Waals surface area contributed by atoms with Crippen molar-refractivity contribution in [3.05, 3.63) is 45.8 Å². The van der Waals surface area contributed by atoms with E-state index in [0.717, 1.165) is 47.5 Å². The molecular formula is C21H27N2O4S+. The van der Waals surface area contributed by atoms with Gasteiger partial charge in [0, 0.05) is 10.4 Å². The zero-order valence-corrected chi connectivity index (χ0v) is 17.4. The number of thiophene rings is 1. The third-order valence-corrected chi connectivity index (χ3v) is 6.12. The van der Waals surface area contributed by atoms with Gasteiger partial charge in [-0.2, -0.15) is 0 Å². The molecule has 0 spiro atoms. The highest BCUT2D eigenvalue weighted by molar-refractivity contribution is 7.17. The van der Waals surface area contributed by atoms with Crippen LogP contribution in [0.5, 0.6) is 5.75 Å². The standard InChI is InChI=1S/C21H26N2O4S/c1-23(12-14-7-6-8-15(11-14)26-2)13-18(24)22-20-19(21(25)27-3)16-9-4-5-10-17(16)28-20/h6-8,11H,4-5,9-10,12-13H2,1-3H3,(H,22,24)/p+1. The number of esters is 1. The van der Waals surface area contributed by atoms with Crippen LogP contribution in [0.2, 0.25) is 0 Å². The monoisotopic (exact) mass is 403 g/mol. The molecule has 0 saturated carbocycles. The summed E-state index contributed by atoms with van der Waals surface area (Å²) in [6, 6.07) is 7.84. The molecule has 1 aromatic carbocycles. The number of quaternary nitrogens is 1. The first-order valence-corrected chi connectivity index (χ1v) is 10.3. The summed E-state index contributed by atoms with van der Waals surface area (Å²) in [5, 5.41) is 3.58. The van der Waals surface area contributed by atoms with E-state index < -0.39 is 0 Å². The van der Waals surface area contributed by atoms with E-state index in [-0.39, 0.29) is 11.9 Å². The van der Waals surface area contributed by atoms with Gasteiger partial charge in [-0.25, -0.2) is 4.79 Å². The molecule has 1 aliphatic rings. The number of rotatable bonds is 7. The second-order valence-corrected chi connectivity index (χ2v) is 8.22. The van der Waals surface area contributed by atoms with Crippen LogP contribution in [0.1, 0.15) is 39.2 Å². The summed E-state index contributed by atoms with van der Waals surface area (Å²) in [4.78, 5) is 27.1. The Morgan fingerprint density at radius 3 is 2.75 bits per heavy atom. The second kappa shape index (κ2) is 9.21. The molecule has 1 heterocycles. The van der Waals surface area contributed by atoms with Crippen molar-refractivity contribution in [3.8, 4) is 5.75 Å². The first-order valence-electron chi connectivity index (χ1n) is 9.48. The number of benzene rings is 1. The summed E-state index contributed by atoms with van der Waals surface area (Å²) in [7, 11) is 5.00. The van der Waals surface area contributed by atoms with Crippen LogP contribution < -0.4 is 15.0 Å². The van der Waals surface area contributed by atoms with E-state index in [1.54, 1.807) is 7.11 Å². The Morgan fingerprint density at radius 1 is 1.21 bits per heavy atom. The number of ether oxygens (including phenoxy) is 2. The first-order chi connectivity index (χ1) is 13.5. The second-order valence-electron chi connectivity index (χ2n) is 7.12. The number of anilines is 1. The summed E-state index contributed by atoms with van der Waals surface area (Å²) in [5.41, 5.74) is 2.70. The number of amides is 1. The SMILES string of the molecule is COC(=O)c1c(NC(=O)C[NH+](C)Cc2cccc(OC)c2)sc2c1CCCC2. The van der Waals surface area contributed by atoms with Crippen molar-refractivity contribution in [1.82, 2.24) is 0 Å². The van der Waals surface area contributed by atoms with E-state index in [1.807, 2.05) is 31.3 Å². The normalized spacial score (nSPS) is 14.1. The predicted octanol–water partition coefficient (Wildman–Crippen LogP) is 2.08. The van der Waals surface area contributed by atoms with E-state index in [4.69, 9.17) is 9.47 Å². The number of carbonyl (C=O) groups excluding carboxylic acids is 2. The van der Waals surface area contributed by atoms with Gasteiger partial charge in [0.2, 0.25) is 0 Å². The molecule has 28 heavy (non-hydrogen) atoms. The summed E-state index contributed by atoms with van der Waals surface area (Å²) >= 11 is 1.51. The maximum Gasteiger partial charge on any atom is 0.341 e. The highest BCUT2D eigenvalue weighted by Crippen LogP contribution is 2.38. The maximum atomic E-state index is 12.6. The number of nitrogens with one attached hydrogen (secondary N) is 2. The number of carbonyl (C=O) groups is 2. The van der Waals surface area contributed by atoms with Crippen molar-refractivity contribution in [2.24, 2.45) is 0 Å². The summed E-state index contributed by atoms with van der Waals surface area (Å²) in [5.74, 6) is 0.331. The van der Waals surface area contributed by atoms with Crippen LogP contribution in [0.15, 0.2) is 24.3 Å². The summed E-state index contributed by atoms with van der Waals surface area (Å²) in [6.45, 7) is 1.01. The van der Waals surface area contributed by atoms with Crippen LogP contribution in [0.25, 0.3) is 0 Å². The Morgan fingerprint density at radius 2 is 2.00 bits per heavy atom. The van der Waals surface area contributed by atoms with E-state index in [0.29, 0.717) is 23.7 Å². The van der Waals surface area contributed by atoms with Crippen LogP contribution in [-0.2, 0) is 28.9 Å². The van der Waals surface area contributed by atoms with Crippen LogP contribution in [0.4, 0.5) is 5.00 Å². The lowest BCUT2D eigenvalue weighted by molar-refractivity contribution is -0.885. The molecule has 1 aliphatic carbocycles. The third kappa shape index (κ3) is 4.72. The van der Waals surface area contributed by atoms with Crippen molar-refractivity contribution < 1.29 is 24.0 Å². The molecule has 0 bridgehead atoms. The van der Waals surface area contributed by atoms with Gasteiger partial charge in [-0.15, -0.1) is 11.3 Å². The first kappa shape index (κ1) is 20.4. The number of hydrogen-bond acceptors (Lipinski definition) is 5. The molecule has 1 amide bonds. The lowest BCUT2D eigenvalue weighted by Gasteiger charge is -2.14. The fourth-order valence-corrected chi connectivity index (χ4v) is 4.90. The molecule has 0 saturated heterocycles. The summed E-state index contributed by atoms with van der Waals surface area (Å²) in [6.07, 6.45) is 4.01. The van der Waals surface area contributed by atoms with Crippen molar-refractivity contribution in [2.45, 2.75) is 32.2 Å². The van der Waals surface area contributed by atoms with Gasteiger partial charge >= 0.3 is 5.97 Å². The van der Waals surface area contributed by atoms with Gasteiger partial charge in [-0.1, -0.05) is 12.1 Å². The lowest BCUT2D eigenvalue weighted by atomic mass is 9.95. The van der Waals surface area contributed by atoms with Gasteiger partial charge in [-0.05, 0) is 43.4 Å². The Kier molecular flexibility index (Phi) is 6.70. The average Bonchev–Trinajstić information content (AvgIpc) is 3.04. The molecule has 2 N–H and O–H groups in total. The van der Waals surface area contributed by atoms with Crippen molar-refractivity contribution in [3.63, 3.8) is 0 Å². The molecule has 0 aliphatic heterocycles. The van der Waals surface area contributed by atoms with Crippen molar-refractivity contribution >= 4 is 28.2 Å². The van der Waals surface area contributed by atoms with Gasteiger partial charge in [0.25, 0.3) is 5.91 Å². The molecule has 7 heteroatoms. The molecule has 3 rings (SSSR count). The molecule has 0 fully saturated rings.